The molecule has 0 aliphatic carbocycles. The van der Waals surface area contributed by atoms with Gasteiger partial charge in [0.25, 0.3) is 0 Å². The Morgan fingerprint density at radius 3 is 2.67 bits per heavy atom. The molecule has 6 heteroatoms. The monoisotopic (exact) mass is 399 g/mol. The first-order valence-corrected chi connectivity index (χ1v) is 9.69. The van der Waals surface area contributed by atoms with Crippen molar-refractivity contribution >= 4 is 28.3 Å². The Labute approximate surface area is 172 Å². The number of anilines is 1. The van der Waals surface area contributed by atoms with Gasteiger partial charge in [0.15, 0.2) is 5.78 Å². The summed E-state index contributed by atoms with van der Waals surface area (Å²) in [6.07, 6.45) is 0.0499. The molecular weight excluding hydrogens is 381 g/mol. The molecule has 1 aliphatic rings. The van der Waals surface area contributed by atoms with Crippen molar-refractivity contribution in [3.63, 3.8) is 0 Å². The molecule has 1 aromatic heterocycles. The molecule has 0 saturated heterocycles. The molecule has 0 fully saturated rings. The number of aromatic nitrogens is 2. The van der Waals surface area contributed by atoms with Crippen molar-refractivity contribution in [2.75, 3.05) is 5.32 Å². The maximum Gasteiger partial charge on any atom is 0.226 e. The minimum Gasteiger partial charge on any atom is -0.310 e. The van der Waals surface area contributed by atoms with Crippen LogP contribution in [0.3, 0.4) is 0 Å². The van der Waals surface area contributed by atoms with Crippen LogP contribution in [0.4, 0.5) is 10.2 Å². The van der Waals surface area contributed by atoms with Crippen LogP contribution in [0.15, 0.2) is 66.7 Å². The zero-order valence-corrected chi connectivity index (χ0v) is 16.2. The maximum absolute atomic E-state index is 13.7. The number of hydrogen-bond acceptors (Lipinski definition) is 3. The molecule has 0 radical (unpaired) electrons. The van der Waals surface area contributed by atoms with Crippen LogP contribution >= 0.6 is 0 Å². The minimum atomic E-state index is -0.641. The highest BCUT2D eigenvalue weighted by atomic mass is 19.1. The summed E-state index contributed by atoms with van der Waals surface area (Å²) in [4.78, 5) is 25.9. The van der Waals surface area contributed by atoms with Gasteiger partial charge in [-0.3, -0.25) is 9.59 Å². The van der Waals surface area contributed by atoms with Crippen LogP contribution in [0.25, 0.3) is 16.5 Å². The van der Waals surface area contributed by atoms with Crippen LogP contribution < -0.4 is 5.32 Å². The maximum atomic E-state index is 13.7. The summed E-state index contributed by atoms with van der Waals surface area (Å²) in [5, 5.41) is 9.33. The third-order valence-corrected chi connectivity index (χ3v) is 5.51. The number of amides is 1. The number of rotatable bonds is 3. The molecule has 1 aliphatic heterocycles. The van der Waals surface area contributed by atoms with Crippen LogP contribution in [-0.2, 0) is 4.79 Å². The fourth-order valence-corrected chi connectivity index (χ4v) is 4.11. The molecule has 30 heavy (non-hydrogen) atoms. The standard InChI is InChI=1S/C24H18FN3O2/c1-14-22-20(23(30)17-10-9-15-5-2-3-6-16(15)11-17)13-21(29)26-24(22)28(27-14)19-8-4-7-18(25)12-19/h2-12,20H,13H2,1H3,(H,26,29). The fourth-order valence-electron chi connectivity index (χ4n) is 4.11. The second kappa shape index (κ2) is 6.91. The summed E-state index contributed by atoms with van der Waals surface area (Å²) in [6, 6.07) is 19.4. The van der Waals surface area contributed by atoms with Gasteiger partial charge in [-0.2, -0.15) is 5.10 Å². The summed E-state index contributed by atoms with van der Waals surface area (Å²) in [6.45, 7) is 1.80. The fraction of sp³-hybridized carbons (Fsp3) is 0.125. The molecule has 1 unspecified atom stereocenters. The summed E-state index contributed by atoms with van der Waals surface area (Å²) in [5.74, 6) is -1.01. The Morgan fingerprint density at radius 2 is 1.87 bits per heavy atom. The molecule has 2 heterocycles. The van der Waals surface area contributed by atoms with Crippen molar-refractivity contribution in [3.05, 3.63) is 89.4 Å². The lowest BCUT2D eigenvalue weighted by Gasteiger charge is -2.23. The van der Waals surface area contributed by atoms with Crippen molar-refractivity contribution in [3.8, 4) is 5.69 Å². The van der Waals surface area contributed by atoms with Gasteiger partial charge in [-0.05, 0) is 42.0 Å². The van der Waals surface area contributed by atoms with Crippen molar-refractivity contribution in [2.24, 2.45) is 0 Å². The zero-order valence-electron chi connectivity index (χ0n) is 16.2. The van der Waals surface area contributed by atoms with E-state index in [2.05, 4.69) is 10.4 Å². The number of aryl methyl sites for hydroxylation is 1. The summed E-state index contributed by atoms with van der Waals surface area (Å²) in [5.41, 5.74) is 2.35. The van der Waals surface area contributed by atoms with E-state index in [1.54, 1.807) is 25.1 Å². The minimum absolute atomic E-state index is 0.0499. The van der Waals surface area contributed by atoms with Gasteiger partial charge >= 0.3 is 0 Å². The van der Waals surface area contributed by atoms with E-state index in [0.717, 1.165) is 10.8 Å². The Morgan fingerprint density at radius 1 is 1.07 bits per heavy atom. The molecule has 1 amide bonds. The molecule has 1 atom stereocenters. The average Bonchev–Trinajstić information content (AvgIpc) is 3.08. The summed E-state index contributed by atoms with van der Waals surface area (Å²) < 4.78 is 15.2. The largest absolute Gasteiger partial charge is 0.310 e. The first-order chi connectivity index (χ1) is 14.5. The van der Waals surface area contributed by atoms with Crippen LogP contribution in [0.1, 0.15) is 34.0 Å². The first-order valence-electron chi connectivity index (χ1n) is 9.69. The quantitative estimate of drug-likeness (QED) is 0.504. The second-order valence-corrected chi connectivity index (χ2v) is 7.47. The van der Waals surface area contributed by atoms with E-state index in [1.807, 2.05) is 36.4 Å². The Hall–Kier alpha value is -3.80. The Balaban J connectivity index is 1.61. The lowest BCUT2D eigenvalue weighted by atomic mass is 9.85. The van der Waals surface area contributed by atoms with Crippen LogP contribution in [0.5, 0.6) is 0 Å². The second-order valence-electron chi connectivity index (χ2n) is 7.47. The van der Waals surface area contributed by atoms with E-state index in [4.69, 9.17) is 0 Å². The lowest BCUT2D eigenvalue weighted by Crippen LogP contribution is -2.28. The number of benzene rings is 3. The van der Waals surface area contributed by atoms with Gasteiger partial charge in [-0.15, -0.1) is 0 Å². The number of Topliss-reactive ketones (excluding diaryl/α,β-unsaturated/α-hetero) is 1. The number of halogens is 1. The number of carbonyl (C=O) groups is 2. The van der Waals surface area contributed by atoms with E-state index in [-0.39, 0.29) is 18.1 Å². The van der Waals surface area contributed by atoms with E-state index in [1.165, 1.54) is 16.8 Å². The normalized spacial score (nSPS) is 15.7. The number of fused-ring (bicyclic) bond motifs is 2. The van der Waals surface area contributed by atoms with Gasteiger partial charge in [-0.25, -0.2) is 9.07 Å². The van der Waals surface area contributed by atoms with Gasteiger partial charge in [0.2, 0.25) is 5.91 Å². The SMILES string of the molecule is Cc1nn(-c2cccc(F)c2)c2c1C(C(=O)c1ccc3ccccc3c1)CC(=O)N2. The first kappa shape index (κ1) is 18.2. The van der Waals surface area contributed by atoms with Crippen LogP contribution in [0.2, 0.25) is 0 Å². The zero-order chi connectivity index (χ0) is 20.8. The number of hydrogen-bond donors (Lipinski definition) is 1. The molecule has 3 aromatic carbocycles. The smallest absolute Gasteiger partial charge is 0.226 e. The third-order valence-electron chi connectivity index (χ3n) is 5.51. The van der Waals surface area contributed by atoms with Crippen LogP contribution in [0, 0.1) is 12.7 Å². The molecule has 0 spiro atoms. The van der Waals surface area contributed by atoms with E-state index in [0.29, 0.717) is 28.3 Å². The highest BCUT2D eigenvalue weighted by Gasteiger charge is 2.36. The molecule has 5 nitrogen and oxygen atoms in total. The molecule has 0 saturated carbocycles. The summed E-state index contributed by atoms with van der Waals surface area (Å²) >= 11 is 0. The lowest BCUT2D eigenvalue weighted by molar-refractivity contribution is -0.116. The summed E-state index contributed by atoms with van der Waals surface area (Å²) in [7, 11) is 0. The van der Waals surface area contributed by atoms with Gasteiger partial charge in [0.1, 0.15) is 11.6 Å². The van der Waals surface area contributed by atoms with Gasteiger partial charge in [0.05, 0.1) is 17.3 Å². The molecule has 0 bridgehead atoms. The van der Waals surface area contributed by atoms with Crippen molar-refractivity contribution in [1.82, 2.24) is 9.78 Å². The number of carbonyl (C=O) groups excluding carboxylic acids is 2. The highest BCUT2D eigenvalue weighted by Crippen LogP contribution is 2.38. The molecular formula is C24H18FN3O2. The number of ketones is 1. The van der Waals surface area contributed by atoms with Crippen molar-refractivity contribution in [1.29, 1.82) is 0 Å². The van der Waals surface area contributed by atoms with Crippen molar-refractivity contribution in [2.45, 2.75) is 19.3 Å². The molecule has 1 N–H and O–H groups in total. The highest BCUT2D eigenvalue weighted by molar-refractivity contribution is 6.09. The topological polar surface area (TPSA) is 64.0 Å². The molecule has 4 aromatic rings. The third kappa shape index (κ3) is 2.97. The molecule has 5 rings (SSSR count). The number of nitrogens with zero attached hydrogens (tertiary/aromatic N) is 2. The van der Waals surface area contributed by atoms with E-state index < -0.39 is 11.7 Å². The van der Waals surface area contributed by atoms with Gasteiger partial charge < -0.3 is 5.32 Å². The van der Waals surface area contributed by atoms with E-state index >= 15 is 0 Å². The van der Waals surface area contributed by atoms with Crippen molar-refractivity contribution < 1.29 is 14.0 Å². The predicted octanol–water partition coefficient (Wildman–Crippen LogP) is 4.78. The number of nitrogens with one attached hydrogen (secondary N) is 1. The predicted molar refractivity (Wildman–Crippen MR) is 113 cm³/mol. The Kier molecular flexibility index (Phi) is 4.20. The Bertz CT molecular complexity index is 1330. The average molecular weight is 399 g/mol. The molecule has 148 valence electrons. The van der Waals surface area contributed by atoms with Gasteiger partial charge in [-0.1, -0.05) is 42.5 Å². The van der Waals surface area contributed by atoms with Gasteiger partial charge in [0, 0.05) is 17.5 Å². The van der Waals surface area contributed by atoms with E-state index in [9.17, 15) is 14.0 Å². The van der Waals surface area contributed by atoms with Crippen LogP contribution in [-0.4, -0.2) is 21.5 Å².